The highest BCUT2D eigenvalue weighted by Gasteiger charge is 2.41. The Hall–Kier alpha value is -1.55. The molecule has 21 heavy (non-hydrogen) atoms. The molecule has 4 heteroatoms. The number of carbonyl (C=O) groups excluding carboxylic acids is 1. The van der Waals surface area contributed by atoms with E-state index in [1.54, 1.807) is 0 Å². The van der Waals surface area contributed by atoms with Crippen molar-refractivity contribution in [3.8, 4) is 11.5 Å². The van der Waals surface area contributed by atoms with E-state index >= 15 is 0 Å². The van der Waals surface area contributed by atoms with Crippen LogP contribution < -0.4 is 9.47 Å². The second kappa shape index (κ2) is 5.68. The fourth-order valence-corrected chi connectivity index (χ4v) is 3.47. The van der Waals surface area contributed by atoms with Crippen LogP contribution in [0.4, 0.5) is 0 Å². The average molecular weight is 289 g/mol. The quantitative estimate of drug-likeness (QED) is 0.802. The van der Waals surface area contributed by atoms with Gasteiger partial charge in [0.2, 0.25) is 0 Å². The van der Waals surface area contributed by atoms with Gasteiger partial charge in [0.15, 0.2) is 17.3 Å². The molecule has 4 nitrogen and oxygen atoms in total. The van der Waals surface area contributed by atoms with Gasteiger partial charge in [-0.2, -0.15) is 0 Å². The smallest absolute Gasteiger partial charge is 0.183 e. The first kappa shape index (κ1) is 14.4. The monoisotopic (exact) mass is 289 g/mol. The van der Waals surface area contributed by atoms with E-state index in [4.69, 9.17) is 9.47 Å². The molecule has 0 spiro atoms. The molecule has 0 radical (unpaired) electrons. The fraction of sp³-hybridized carbons (Fsp3) is 0.588. The first-order valence-electron chi connectivity index (χ1n) is 7.75. The summed E-state index contributed by atoms with van der Waals surface area (Å²) in [5.74, 6) is 1.64. The van der Waals surface area contributed by atoms with Crippen molar-refractivity contribution in [1.29, 1.82) is 0 Å². The maximum absolute atomic E-state index is 13.1. The van der Waals surface area contributed by atoms with Crippen LogP contribution in [0.3, 0.4) is 0 Å². The van der Waals surface area contributed by atoms with Crippen molar-refractivity contribution in [3.05, 3.63) is 23.8 Å². The largest absolute Gasteiger partial charge is 0.486 e. The second-order valence-electron chi connectivity index (χ2n) is 6.17. The van der Waals surface area contributed by atoms with Crippen molar-refractivity contribution in [1.82, 2.24) is 4.90 Å². The average Bonchev–Trinajstić information content (AvgIpc) is 2.54. The minimum atomic E-state index is -0.359. The molecule has 1 aliphatic heterocycles. The molecule has 0 unspecified atom stereocenters. The van der Waals surface area contributed by atoms with E-state index in [0.717, 1.165) is 37.0 Å². The SMILES string of the molecule is CN(C)C1(C(=O)c2ccc3c(c2)OCCO3)CCCCC1. The first-order valence-corrected chi connectivity index (χ1v) is 7.75. The molecule has 3 rings (SSSR count). The number of likely N-dealkylation sites (N-methyl/N-ethyl adjacent to an activating group) is 1. The molecule has 0 aromatic heterocycles. The molecule has 1 aromatic rings. The third-order valence-electron chi connectivity index (χ3n) is 4.76. The van der Waals surface area contributed by atoms with Gasteiger partial charge >= 0.3 is 0 Å². The van der Waals surface area contributed by atoms with Gasteiger partial charge < -0.3 is 9.47 Å². The molecule has 0 N–H and O–H groups in total. The maximum atomic E-state index is 13.1. The lowest BCUT2D eigenvalue weighted by atomic mass is 9.75. The van der Waals surface area contributed by atoms with Crippen molar-refractivity contribution in [2.45, 2.75) is 37.6 Å². The Labute approximate surface area is 126 Å². The number of benzene rings is 1. The zero-order valence-corrected chi connectivity index (χ0v) is 12.9. The number of nitrogens with zero attached hydrogens (tertiary/aromatic N) is 1. The molecular weight excluding hydrogens is 266 g/mol. The minimum absolute atomic E-state index is 0.212. The Kier molecular flexibility index (Phi) is 3.89. The second-order valence-corrected chi connectivity index (χ2v) is 6.17. The van der Waals surface area contributed by atoms with Crippen molar-refractivity contribution in [3.63, 3.8) is 0 Å². The summed E-state index contributed by atoms with van der Waals surface area (Å²) in [5, 5.41) is 0. The number of hydrogen-bond acceptors (Lipinski definition) is 4. The van der Waals surface area contributed by atoms with Crippen LogP contribution in [0.15, 0.2) is 18.2 Å². The highest BCUT2D eigenvalue weighted by molar-refractivity contribution is 6.03. The Morgan fingerprint density at radius 2 is 1.71 bits per heavy atom. The number of ether oxygens (including phenoxy) is 2. The molecule has 0 saturated heterocycles. The summed E-state index contributed by atoms with van der Waals surface area (Å²) in [7, 11) is 4.03. The normalized spacial score (nSPS) is 20.3. The topological polar surface area (TPSA) is 38.8 Å². The van der Waals surface area contributed by atoms with Gasteiger partial charge in [-0.1, -0.05) is 19.3 Å². The van der Waals surface area contributed by atoms with Crippen LogP contribution in [0.25, 0.3) is 0 Å². The zero-order valence-electron chi connectivity index (χ0n) is 12.9. The molecule has 1 aliphatic carbocycles. The number of rotatable bonds is 3. The van der Waals surface area contributed by atoms with Crippen molar-refractivity contribution in [2.75, 3.05) is 27.3 Å². The van der Waals surface area contributed by atoms with Crippen molar-refractivity contribution < 1.29 is 14.3 Å². The summed E-state index contributed by atoms with van der Waals surface area (Å²) in [5.41, 5.74) is 0.372. The van der Waals surface area contributed by atoms with Crippen LogP contribution >= 0.6 is 0 Å². The van der Waals surface area contributed by atoms with Crippen LogP contribution in [0.5, 0.6) is 11.5 Å². The molecule has 1 saturated carbocycles. The van der Waals surface area contributed by atoms with E-state index in [9.17, 15) is 4.79 Å². The lowest BCUT2D eigenvalue weighted by Crippen LogP contribution is -2.52. The standard InChI is InChI=1S/C17H23NO3/c1-18(2)17(8-4-3-5-9-17)16(19)13-6-7-14-15(12-13)21-11-10-20-14/h6-7,12H,3-5,8-11H2,1-2H3. The summed E-state index contributed by atoms with van der Waals surface area (Å²) < 4.78 is 11.1. The number of ketones is 1. The highest BCUT2D eigenvalue weighted by atomic mass is 16.6. The maximum Gasteiger partial charge on any atom is 0.183 e. The van der Waals surface area contributed by atoms with Gasteiger partial charge in [0.25, 0.3) is 0 Å². The molecule has 2 aliphatic rings. The van der Waals surface area contributed by atoms with Gasteiger partial charge in [0.1, 0.15) is 13.2 Å². The predicted octanol–water partition coefficient (Wildman–Crippen LogP) is 2.91. The van der Waals surface area contributed by atoms with Gasteiger partial charge in [-0.25, -0.2) is 0 Å². The third-order valence-corrected chi connectivity index (χ3v) is 4.76. The lowest BCUT2D eigenvalue weighted by Gasteiger charge is -2.41. The van der Waals surface area contributed by atoms with E-state index in [0.29, 0.717) is 19.0 Å². The van der Waals surface area contributed by atoms with Crippen LogP contribution in [0.2, 0.25) is 0 Å². The van der Waals surface area contributed by atoms with Crippen LogP contribution in [-0.4, -0.2) is 43.5 Å². The number of hydrogen-bond donors (Lipinski definition) is 0. The predicted molar refractivity (Wildman–Crippen MR) is 81.3 cm³/mol. The van der Waals surface area contributed by atoms with Crippen molar-refractivity contribution in [2.24, 2.45) is 0 Å². The Morgan fingerprint density at radius 3 is 2.38 bits per heavy atom. The summed E-state index contributed by atoms with van der Waals surface area (Å²) in [6.07, 6.45) is 5.34. The molecule has 114 valence electrons. The summed E-state index contributed by atoms with van der Waals surface area (Å²) in [6, 6.07) is 5.57. The molecule has 1 heterocycles. The molecule has 1 fully saturated rings. The van der Waals surface area contributed by atoms with E-state index in [2.05, 4.69) is 4.90 Å². The van der Waals surface area contributed by atoms with E-state index < -0.39 is 0 Å². The minimum Gasteiger partial charge on any atom is -0.486 e. The summed E-state index contributed by atoms with van der Waals surface area (Å²) in [6.45, 7) is 1.12. The Morgan fingerprint density at radius 1 is 1.05 bits per heavy atom. The number of fused-ring (bicyclic) bond motifs is 1. The zero-order chi connectivity index (χ0) is 14.9. The van der Waals surface area contributed by atoms with Gasteiger partial charge in [-0.15, -0.1) is 0 Å². The van der Waals surface area contributed by atoms with Crippen LogP contribution in [0.1, 0.15) is 42.5 Å². The first-order chi connectivity index (χ1) is 10.1. The Bertz CT molecular complexity index is 533. The number of Topliss-reactive ketones (excluding diaryl/α,β-unsaturated/α-hetero) is 1. The Balaban J connectivity index is 1.92. The van der Waals surface area contributed by atoms with Crippen molar-refractivity contribution >= 4 is 5.78 Å². The third kappa shape index (κ3) is 2.53. The van der Waals surface area contributed by atoms with Crippen LogP contribution in [0, 0.1) is 0 Å². The summed E-state index contributed by atoms with van der Waals surface area (Å²) >= 11 is 0. The van der Waals surface area contributed by atoms with Crippen LogP contribution in [-0.2, 0) is 0 Å². The molecule has 1 aromatic carbocycles. The van der Waals surface area contributed by atoms with Gasteiger partial charge in [-0.3, -0.25) is 9.69 Å². The lowest BCUT2D eigenvalue weighted by molar-refractivity contribution is 0.0563. The summed E-state index contributed by atoms with van der Waals surface area (Å²) in [4.78, 5) is 15.2. The van der Waals surface area contributed by atoms with Gasteiger partial charge in [0, 0.05) is 5.56 Å². The molecule has 0 atom stereocenters. The highest BCUT2D eigenvalue weighted by Crippen LogP contribution is 2.37. The molecular formula is C17H23NO3. The molecule has 0 bridgehead atoms. The number of carbonyl (C=O) groups is 1. The fourth-order valence-electron chi connectivity index (χ4n) is 3.47. The van der Waals surface area contributed by atoms with Gasteiger partial charge in [-0.05, 0) is 45.1 Å². The molecule has 0 amide bonds. The van der Waals surface area contributed by atoms with E-state index in [-0.39, 0.29) is 11.3 Å². The van der Waals surface area contributed by atoms with E-state index in [1.165, 1.54) is 6.42 Å². The van der Waals surface area contributed by atoms with E-state index in [1.807, 2.05) is 32.3 Å². The van der Waals surface area contributed by atoms with Gasteiger partial charge in [0.05, 0.1) is 5.54 Å².